The minimum absolute atomic E-state index is 0.204. The van der Waals surface area contributed by atoms with Crippen LogP contribution in [-0.2, 0) is 28.6 Å². The Morgan fingerprint density at radius 2 is 1.83 bits per heavy atom. The van der Waals surface area contributed by atoms with Crippen molar-refractivity contribution in [3.05, 3.63) is 11.6 Å². The summed E-state index contributed by atoms with van der Waals surface area (Å²) in [5, 5.41) is 0. The molecule has 0 bridgehead atoms. The number of esters is 3. The first-order chi connectivity index (χ1) is 8.51. The summed E-state index contributed by atoms with van der Waals surface area (Å²) >= 11 is 0. The molecule has 0 N–H and O–H groups in total. The van der Waals surface area contributed by atoms with Crippen LogP contribution in [0.5, 0.6) is 0 Å². The highest BCUT2D eigenvalue weighted by Gasteiger charge is 2.17. The molecule has 1 aliphatic heterocycles. The van der Waals surface area contributed by atoms with Crippen LogP contribution in [0.4, 0.5) is 0 Å². The van der Waals surface area contributed by atoms with Crippen LogP contribution in [0.25, 0.3) is 0 Å². The summed E-state index contributed by atoms with van der Waals surface area (Å²) in [6.07, 6.45) is 2.49. The molecule has 6 heteroatoms. The maximum atomic E-state index is 10.8. The summed E-state index contributed by atoms with van der Waals surface area (Å²) in [5.41, 5.74) is 0.698. The van der Waals surface area contributed by atoms with Gasteiger partial charge in [-0.25, -0.2) is 4.79 Å². The summed E-state index contributed by atoms with van der Waals surface area (Å²) in [5.74, 6) is -1.23. The van der Waals surface area contributed by atoms with Crippen LogP contribution in [0.3, 0.4) is 0 Å². The fourth-order valence-electron chi connectivity index (χ4n) is 1.02. The van der Waals surface area contributed by atoms with Crippen molar-refractivity contribution in [3.63, 3.8) is 0 Å². The number of hydrogen-bond donors (Lipinski definition) is 0. The van der Waals surface area contributed by atoms with E-state index in [0.29, 0.717) is 12.2 Å². The molecule has 0 atom stereocenters. The molecule has 0 aromatic rings. The van der Waals surface area contributed by atoms with Gasteiger partial charge >= 0.3 is 17.9 Å². The summed E-state index contributed by atoms with van der Waals surface area (Å²) in [6.45, 7) is 5.78. The second-order valence-corrected chi connectivity index (χ2v) is 3.34. The third-order valence-electron chi connectivity index (χ3n) is 1.84. The number of ether oxygens (including phenoxy) is 3. The van der Waals surface area contributed by atoms with E-state index in [-0.39, 0.29) is 19.2 Å². The molecule has 0 aliphatic carbocycles. The minimum atomic E-state index is -0.513. The van der Waals surface area contributed by atoms with Gasteiger partial charge in [0.2, 0.25) is 6.79 Å². The van der Waals surface area contributed by atoms with Gasteiger partial charge in [0, 0.05) is 5.57 Å². The van der Waals surface area contributed by atoms with Crippen molar-refractivity contribution >= 4 is 17.9 Å². The van der Waals surface area contributed by atoms with Crippen molar-refractivity contribution in [2.24, 2.45) is 0 Å². The van der Waals surface area contributed by atoms with Gasteiger partial charge in [0.15, 0.2) is 0 Å². The zero-order valence-corrected chi connectivity index (χ0v) is 10.9. The molecule has 18 heavy (non-hydrogen) atoms. The highest BCUT2D eigenvalue weighted by Crippen LogP contribution is 1.98. The van der Waals surface area contributed by atoms with Gasteiger partial charge in [0.25, 0.3) is 0 Å². The maximum absolute atomic E-state index is 10.8. The summed E-state index contributed by atoms with van der Waals surface area (Å²) in [6, 6.07) is 0. The predicted octanol–water partition coefficient (Wildman–Crippen LogP) is 1.34. The van der Waals surface area contributed by atoms with Crippen LogP contribution >= 0.6 is 0 Å². The lowest BCUT2D eigenvalue weighted by molar-refractivity contribution is -0.181. The van der Waals surface area contributed by atoms with Gasteiger partial charge in [-0.05, 0) is 20.3 Å². The Balaban J connectivity index is 0.000000327. The normalized spacial score (nSPS) is 14.9. The van der Waals surface area contributed by atoms with E-state index >= 15 is 0 Å². The third kappa shape index (κ3) is 7.43. The van der Waals surface area contributed by atoms with Gasteiger partial charge in [0.05, 0.1) is 6.61 Å². The molecule has 0 unspecified atom stereocenters. The molecular formula is C12H18O6. The Hall–Kier alpha value is -1.85. The predicted molar refractivity (Wildman–Crippen MR) is 62.3 cm³/mol. The Morgan fingerprint density at radius 1 is 1.28 bits per heavy atom. The van der Waals surface area contributed by atoms with Crippen LogP contribution < -0.4 is 0 Å². The molecule has 0 saturated carbocycles. The highest BCUT2D eigenvalue weighted by molar-refractivity contribution is 5.92. The average Bonchev–Trinajstić information content (AvgIpc) is 2.30. The molecule has 0 radical (unpaired) electrons. The minimum Gasteiger partial charge on any atom is -0.463 e. The number of hydrogen-bond acceptors (Lipinski definition) is 6. The van der Waals surface area contributed by atoms with Crippen LogP contribution in [0, 0.1) is 0 Å². The third-order valence-corrected chi connectivity index (χ3v) is 1.84. The smallest absolute Gasteiger partial charge is 0.333 e. The van der Waals surface area contributed by atoms with Crippen molar-refractivity contribution in [2.75, 3.05) is 13.4 Å². The molecule has 1 saturated heterocycles. The number of allylic oxidation sites excluding steroid dienone is 1. The lowest BCUT2D eigenvalue weighted by atomic mass is 10.2. The zero-order valence-electron chi connectivity index (χ0n) is 10.9. The molecule has 0 aromatic heterocycles. The van der Waals surface area contributed by atoms with Crippen molar-refractivity contribution in [1.29, 1.82) is 0 Å². The molecular weight excluding hydrogens is 240 g/mol. The summed E-state index contributed by atoms with van der Waals surface area (Å²) < 4.78 is 13.3. The van der Waals surface area contributed by atoms with Crippen LogP contribution in [0.1, 0.15) is 33.6 Å². The first kappa shape index (κ1) is 16.1. The van der Waals surface area contributed by atoms with Gasteiger partial charge in [-0.15, -0.1) is 0 Å². The molecule has 0 amide bonds. The second kappa shape index (κ2) is 9.21. The maximum Gasteiger partial charge on any atom is 0.333 e. The van der Waals surface area contributed by atoms with E-state index < -0.39 is 11.9 Å². The van der Waals surface area contributed by atoms with E-state index in [9.17, 15) is 14.4 Å². The number of rotatable bonds is 3. The van der Waals surface area contributed by atoms with Crippen LogP contribution in [-0.4, -0.2) is 31.3 Å². The topological polar surface area (TPSA) is 78.9 Å². The van der Waals surface area contributed by atoms with E-state index in [2.05, 4.69) is 9.47 Å². The zero-order chi connectivity index (χ0) is 14.0. The standard InChI is InChI=1S/C8H14O2.C4H4O4/c1-4-6-7(3)8(9)10-5-2;5-3-1-4(6)8-2-7-3/h6H,4-5H2,1-3H3;1-2H2. The number of cyclic esters (lactones) is 2. The van der Waals surface area contributed by atoms with Crippen molar-refractivity contribution < 1.29 is 28.6 Å². The lowest BCUT2D eigenvalue weighted by Crippen LogP contribution is -2.22. The summed E-state index contributed by atoms with van der Waals surface area (Å²) in [4.78, 5) is 31.1. The molecule has 6 nitrogen and oxygen atoms in total. The number of carbonyl (C=O) groups is 3. The van der Waals surface area contributed by atoms with Crippen molar-refractivity contribution in [3.8, 4) is 0 Å². The first-order valence-corrected chi connectivity index (χ1v) is 5.66. The van der Waals surface area contributed by atoms with E-state index in [1.165, 1.54) is 0 Å². The van der Waals surface area contributed by atoms with Crippen LogP contribution in [0.15, 0.2) is 11.6 Å². The van der Waals surface area contributed by atoms with Crippen LogP contribution in [0.2, 0.25) is 0 Å². The van der Waals surface area contributed by atoms with E-state index in [0.717, 1.165) is 6.42 Å². The molecule has 1 heterocycles. The lowest BCUT2D eigenvalue weighted by Gasteiger charge is -2.09. The van der Waals surface area contributed by atoms with Gasteiger partial charge < -0.3 is 14.2 Å². The van der Waals surface area contributed by atoms with E-state index in [4.69, 9.17) is 4.74 Å². The van der Waals surface area contributed by atoms with Gasteiger partial charge in [-0.1, -0.05) is 13.0 Å². The Kier molecular flexibility index (Phi) is 8.26. The Morgan fingerprint density at radius 3 is 2.17 bits per heavy atom. The Labute approximate surface area is 106 Å². The molecule has 1 fully saturated rings. The molecule has 0 spiro atoms. The SMILES string of the molecule is CCC=C(C)C(=O)OCC.O=C1CC(=O)OCO1. The van der Waals surface area contributed by atoms with Crippen molar-refractivity contribution in [2.45, 2.75) is 33.6 Å². The Bertz CT molecular complexity index is 317. The first-order valence-electron chi connectivity index (χ1n) is 5.66. The molecule has 102 valence electrons. The molecule has 1 aliphatic rings. The van der Waals surface area contributed by atoms with Crippen molar-refractivity contribution in [1.82, 2.24) is 0 Å². The van der Waals surface area contributed by atoms with Gasteiger partial charge in [0.1, 0.15) is 6.42 Å². The second-order valence-electron chi connectivity index (χ2n) is 3.34. The fourth-order valence-corrected chi connectivity index (χ4v) is 1.02. The largest absolute Gasteiger partial charge is 0.463 e. The molecule has 0 aromatic carbocycles. The monoisotopic (exact) mass is 258 g/mol. The van der Waals surface area contributed by atoms with E-state index in [1.807, 2.05) is 13.0 Å². The average molecular weight is 258 g/mol. The van der Waals surface area contributed by atoms with E-state index in [1.54, 1.807) is 13.8 Å². The highest BCUT2D eigenvalue weighted by atomic mass is 16.7. The number of carbonyl (C=O) groups excluding carboxylic acids is 3. The molecule has 1 rings (SSSR count). The van der Waals surface area contributed by atoms with Gasteiger partial charge in [-0.3, -0.25) is 9.59 Å². The quantitative estimate of drug-likeness (QED) is 0.432. The summed E-state index contributed by atoms with van der Waals surface area (Å²) in [7, 11) is 0. The van der Waals surface area contributed by atoms with Gasteiger partial charge in [-0.2, -0.15) is 0 Å². The fraction of sp³-hybridized carbons (Fsp3) is 0.583.